The van der Waals surface area contributed by atoms with Crippen molar-refractivity contribution in [3.05, 3.63) is 59.7 Å². The van der Waals surface area contributed by atoms with Crippen LogP contribution in [0.1, 0.15) is 42.2 Å². The topological polar surface area (TPSA) is 75.7 Å². The SMILES string of the molecule is CCOc1ccc(C(C)NC(=O)c2ccc(N3CCCS3(=O)=O)cc2)cc1. The molecule has 144 valence electrons. The highest BCUT2D eigenvalue weighted by Crippen LogP contribution is 2.24. The molecule has 1 saturated heterocycles. The van der Waals surface area contributed by atoms with Crippen LogP contribution in [0.3, 0.4) is 0 Å². The normalized spacial score (nSPS) is 16.7. The maximum absolute atomic E-state index is 12.5. The Bertz CT molecular complexity index is 893. The molecule has 0 aromatic heterocycles. The number of anilines is 1. The summed E-state index contributed by atoms with van der Waals surface area (Å²) in [4.78, 5) is 12.5. The summed E-state index contributed by atoms with van der Waals surface area (Å²) in [6, 6.07) is 14.1. The second-order valence-corrected chi connectivity index (χ2v) is 8.50. The van der Waals surface area contributed by atoms with Crippen LogP contribution in [-0.2, 0) is 10.0 Å². The number of benzene rings is 2. The van der Waals surface area contributed by atoms with Gasteiger partial charge in [0.1, 0.15) is 5.75 Å². The molecule has 0 saturated carbocycles. The van der Waals surface area contributed by atoms with Crippen molar-refractivity contribution < 1.29 is 17.9 Å². The number of carbonyl (C=O) groups is 1. The van der Waals surface area contributed by atoms with Crippen LogP contribution in [0.4, 0.5) is 5.69 Å². The maximum Gasteiger partial charge on any atom is 0.251 e. The fraction of sp³-hybridized carbons (Fsp3) is 0.350. The van der Waals surface area contributed by atoms with E-state index in [0.717, 1.165) is 11.3 Å². The highest BCUT2D eigenvalue weighted by Gasteiger charge is 2.28. The Kier molecular flexibility index (Phi) is 5.70. The first-order valence-corrected chi connectivity index (χ1v) is 10.7. The highest BCUT2D eigenvalue weighted by molar-refractivity contribution is 7.93. The average molecular weight is 388 g/mol. The molecule has 0 bridgehead atoms. The van der Waals surface area contributed by atoms with E-state index in [0.29, 0.717) is 30.8 Å². The Morgan fingerprint density at radius 3 is 2.37 bits per heavy atom. The molecule has 1 N–H and O–H groups in total. The van der Waals surface area contributed by atoms with Crippen LogP contribution in [0.2, 0.25) is 0 Å². The zero-order valence-electron chi connectivity index (χ0n) is 15.5. The first kappa shape index (κ1) is 19.2. The maximum atomic E-state index is 12.5. The van der Waals surface area contributed by atoms with Crippen molar-refractivity contribution in [1.29, 1.82) is 0 Å². The molecule has 1 atom stereocenters. The minimum atomic E-state index is -3.21. The Balaban J connectivity index is 1.65. The Morgan fingerprint density at radius 2 is 1.81 bits per heavy atom. The van der Waals surface area contributed by atoms with Gasteiger partial charge in [-0.25, -0.2) is 8.42 Å². The number of ether oxygens (including phenoxy) is 1. The van der Waals surface area contributed by atoms with E-state index >= 15 is 0 Å². The Hall–Kier alpha value is -2.54. The van der Waals surface area contributed by atoms with Crippen LogP contribution in [0.5, 0.6) is 5.75 Å². The molecular formula is C20H24N2O4S. The van der Waals surface area contributed by atoms with Crippen molar-refractivity contribution in [2.24, 2.45) is 0 Å². The molecule has 0 radical (unpaired) electrons. The summed E-state index contributed by atoms with van der Waals surface area (Å²) >= 11 is 0. The second-order valence-electron chi connectivity index (χ2n) is 6.49. The van der Waals surface area contributed by atoms with Gasteiger partial charge in [-0.05, 0) is 62.2 Å². The van der Waals surface area contributed by atoms with E-state index < -0.39 is 10.0 Å². The van der Waals surface area contributed by atoms with Crippen molar-refractivity contribution in [1.82, 2.24) is 5.32 Å². The van der Waals surface area contributed by atoms with E-state index in [4.69, 9.17) is 4.74 Å². The van der Waals surface area contributed by atoms with Crippen LogP contribution in [-0.4, -0.2) is 33.2 Å². The lowest BCUT2D eigenvalue weighted by Gasteiger charge is -2.18. The molecule has 3 rings (SSSR count). The van der Waals surface area contributed by atoms with Crippen molar-refractivity contribution in [2.75, 3.05) is 23.2 Å². The van der Waals surface area contributed by atoms with Crippen molar-refractivity contribution in [3.63, 3.8) is 0 Å². The molecule has 1 unspecified atom stereocenters. The molecule has 27 heavy (non-hydrogen) atoms. The summed E-state index contributed by atoms with van der Waals surface area (Å²) in [7, 11) is -3.21. The zero-order chi connectivity index (χ0) is 19.4. The van der Waals surface area contributed by atoms with E-state index in [1.165, 1.54) is 4.31 Å². The van der Waals surface area contributed by atoms with E-state index in [1.54, 1.807) is 24.3 Å². The molecule has 1 aliphatic rings. The van der Waals surface area contributed by atoms with Gasteiger partial charge in [0.25, 0.3) is 5.91 Å². The van der Waals surface area contributed by atoms with Gasteiger partial charge in [-0.15, -0.1) is 0 Å². The highest BCUT2D eigenvalue weighted by atomic mass is 32.2. The molecule has 1 aliphatic heterocycles. The number of hydrogen-bond donors (Lipinski definition) is 1. The van der Waals surface area contributed by atoms with Gasteiger partial charge in [-0.1, -0.05) is 12.1 Å². The molecule has 2 aromatic carbocycles. The molecule has 0 aliphatic carbocycles. The summed E-state index contributed by atoms with van der Waals surface area (Å²) in [5.74, 6) is 0.772. The number of hydrogen-bond acceptors (Lipinski definition) is 4. The van der Waals surface area contributed by atoms with Crippen LogP contribution < -0.4 is 14.4 Å². The van der Waals surface area contributed by atoms with Crippen LogP contribution in [0.25, 0.3) is 0 Å². The standard InChI is InChI=1S/C20H24N2O4S/c1-3-26-19-11-7-16(8-12-19)15(2)21-20(23)17-5-9-18(10-6-17)22-13-4-14-27(22,24)25/h5-12,15H,3-4,13-14H2,1-2H3,(H,21,23). The van der Waals surface area contributed by atoms with Gasteiger partial charge < -0.3 is 10.1 Å². The number of nitrogens with one attached hydrogen (secondary N) is 1. The summed E-state index contributed by atoms with van der Waals surface area (Å²) in [5.41, 5.74) is 2.07. The predicted octanol–water partition coefficient (Wildman–Crippen LogP) is 3.12. The second kappa shape index (κ2) is 8.00. The lowest BCUT2D eigenvalue weighted by molar-refractivity contribution is 0.0940. The third-order valence-corrected chi connectivity index (χ3v) is 6.42. The number of nitrogens with zero attached hydrogens (tertiary/aromatic N) is 1. The lowest BCUT2D eigenvalue weighted by Crippen LogP contribution is -2.27. The molecule has 2 aromatic rings. The smallest absolute Gasteiger partial charge is 0.251 e. The molecule has 7 heteroatoms. The summed E-state index contributed by atoms with van der Waals surface area (Å²) < 4.78 is 30.8. The fourth-order valence-corrected chi connectivity index (χ4v) is 4.66. The van der Waals surface area contributed by atoms with Gasteiger partial charge in [0.2, 0.25) is 10.0 Å². The van der Waals surface area contributed by atoms with E-state index in [2.05, 4.69) is 5.32 Å². The molecule has 6 nitrogen and oxygen atoms in total. The van der Waals surface area contributed by atoms with Crippen molar-refractivity contribution in [3.8, 4) is 5.75 Å². The minimum absolute atomic E-state index is 0.160. The quantitative estimate of drug-likeness (QED) is 0.825. The lowest BCUT2D eigenvalue weighted by atomic mass is 10.1. The van der Waals surface area contributed by atoms with Gasteiger partial charge in [-0.2, -0.15) is 0 Å². The number of carbonyl (C=O) groups excluding carboxylic acids is 1. The van der Waals surface area contributed by atoms with Gasteiger partial charge in [0.15, 0.2) is 0 Å². The number of sulfonamides is 1. The Morgan fingerprint density at radius 1 is 1.15 bits per heavy atom. The zero-order valence-corrected chi connectivity index (χ0v) is 16.3. The first-order chi connectivity index (χ1) is 12.9. The average Bonchev–Trinajstić information content (AvgIpc) is 3.01. The predicted molar refractivity (Wildman–Crippen MR) is 106 cm³/mol. The molecule has 0 spiro atoms. The minimum Gasteiger partial charge on any atom is -0.494 e. The van der Waals surface area contributed by atoms with E-state index in [9.17, 15) is 13.2 Å². The van der Waals surface area contributed by atoms with Gasteiger partial charge >= 0.3 is 0 Å². The van der Waals surface area contributed by atoms with E-state index in [1.807, 2.05) is 38.1 Å². The van der Waals surface area contributed by atoms with Crippen molar-refractivity contribution in [2.45, 2.75) is 26.3 Å². The van der Waals surface area contributed by atoms with Gasteiger partial charge in [0, 0.05) is 12.1 Å². The summed E-state index contributed by atoms with van der Waals surface area (Å²) in [5, 5.41) is 2.96. The summed E-state index contributed by atoms with van der Waals surface area (Å²) in [6.45, 7) is 4.95. The molecule has 1 amide bonds. The number of amides is 1. The van der Waals surface area contributed by atoms with Crippen LogP contribution >= 0.6 is 0 Å². The van der Waals surface area contributed by atoms with Gasteiger partial charge in [-0.3, -0.25) is 9.10 Å². The first-order valence-electron chi connectivity index (χ1n) is 9.05. The largest absolute Gasteiger partial charge is 0.494 e. The third kappa shape index (κ3) is 4.42. The fourth-order valence-electron chi connectivity index (χ4n) is 3.09. The Labute approximate surface area is 160 Å². The summed E-state index contributed by atoms with van der Waals surface area (Å²) in [6.07, 6.45) is 0.629. The molecular weight excluding hydrogens is 364 g/mol. The van der Waals surface area contributed by atoms with Crippen LogP contribution in [0.15, 0.2) is 48.5 Å². The van der Waals surface area contributed by atoms with E-state index in [-0.39, 0.29) is 17.7 Å². The molecule has 1 fully saturated rings. The van der Waals surface area contributed by atoms with Crippen molar-refractivity contribution >= 4 is 21.6 Å². The monoisotopic (exact) mass is 388 g/mol. The van der Waals surface area contributed by atoms with Crippen LogP contribution in [0, 0.1) is 0 Å². The third-order valence-electron chi connectivity index (χ3n) is 4.56. The van der Waals surface area contributed by atoms with Gasteiger partial charge in [0.05, 0.1) is 24.1 Å². The molecule has 1 heterocycles. The number of rotatable bonds is 6.